The van der Waals surface area contributed by atoms with Crippen molar-refractivity contribution in [3.8, 4) is 0 Å². The molecule has 1 saturated heterocycles. The lowest BCUT2D eigenvalue weighted by atomic mass is 9.99. The fraction of sp³-hybridized carbons (Fsp3) is 0.583. The molecule has 0 amide bonds. The van der Waals surface area contributed by atoms with Crippen LogP contribution >= 0.6 is 0 Å². The van der Waals surface area contributed by atoms with Crippen LogP contribution in [-0.4, -0.2) is 32.2 Å². The molecule has 82 valence electrons. The van der Waals surface area contributed by atoms with Crippen LogP contribution in [0.15, 0.2) is 18.3 Å². The Labute approximate surface area is 91.5 Å². The number of hydrogen-bond acceptors (Lipinski definition) is 3. The van der Waals surface area contributed by atoms with Crippen molar-refractivity contribution in [3.63, 3.8) is 0 Å². The first-order chi connectivity index (χ1) is 7.27. The molecule has 0 aliphatic carbocycles. The number of anilines is 1. The van der Waals surface area contributed by atoms with E-state index in [2.05, 4.69) is 35.4 Å². The van der Waals surface area contributed by atoms with Crippen molar-refractivity contribution in [1.29, 1.82) is 0 Å². The average Bonchev–Trinajstić information content (AvgIpc) is 2.71. The first kappa shape index (κ1) is 10.4. The van der Waals surface area contributed by atoms with Gasteiger partial charge in [0.1, 0.15) is 5.82 Å². The van der Waals surface area contributed by atoms with Gasteiger partial charge in [0.2, 0.25) is 0 Å². The molecular formula is C12H19N3. The highest BCUT2D eigenvalue weighted by atomic mass is 15.1. The topological polar surface area (TPSA) is 28.2 Å². The van der Waals surface area contributed by atoms with Gasteiger partial charge in [0.25, 0.3) is 0 Å². The summed E-state index contributed by atoms with van der Waals surface area (Å²) < 4.78 is 0. The highest BCUT2D eigenvalue weighted by Gasteiger charge is 2.17. The van der Waals surface area contributed by atoms with Crippen molar-refractivity contribution in [1.82, 2.24) is 10.3 Å². The van der Waals surface area contributed by atoms with Gasteiger partial charge in [-0.2, -0.15) is 0 Å². The number of rotatable bonds is 3. The van der Waals surface area contributed by atoms with E-state index in [9.17, 15) is 0 Å². The van der Waals surface area contributed by atoms with Gasteiger partial charge in [-0.15, -0.1) is 0 Å². The Balaban J connectivity index is 2.12. The molecular weight excluding hydrogens is 186 g/mol. The van der Waals surface area contributed by atoms with Crippen LogP contribution in [-0.2, 0) is 6.42 Å². The van der Waals surface area contributed by atoms with E-state index in [1.165, 1.54) is 18.5 Å². The van der Waals surface area contributed by atoms with E-state index >= 15 is 0 Å². The molecule has 1 N–H and O–H groups in total. The second kappa shape index (κ2) is 4.62. The molecule has 0 radical (unpaired) electrons. The maximum atomic E-state index is 4.43. The molecule has 1 aliphatic heterocycles. The summed E-state index contributed by atoms with van der Waals surface area (Å²) in [4.78, 5) is 6.52. The zero-order chi connectivity index (χ0) is 10.7. The highest BCUT2D eigenvalue weighted by Crippen LogP contribution is 2.21. The van der Waals surface area contributed by atoms with Crippen LogP contribution in [0, 0.1) is 5.92 Å². The molecule has 1 atom stereocenters. The molecule has 0 saturated carbocycles. The summed E-state index contributed by atoms with van der Waals surface area (Å²) >= 11 is 0. The third-order valence-corrected chi connectivity index (χ3v) is 2.96. The van der Waals surface area contributed by atoms with E-state index in [0.717, 1.165) is 24.7 Å². The second-order valence-electron chi connectivity index (χ2n) is 4.44. The Morgan fingerprint density at radius 2 is 2.40 bits per heavy atom. The quantitative estimate of drug-likeness (QED) is 0.806. The van der Waals surface area contributed by atoms with Gasteiger partial charge in [0.05, 0.1) is 0 Å². The zero-order valence-electron chi connectivity index (χ0n) is 9.53. The molecule has 1 aromatic rings. The molecule has 1 fully saturated rings. The summed E-state index contributed by atoms with van der Waals surface area (Å²) in [6, 6.07) is 4.23. The monoisotopic (exact) mass is 205 g/mol. The number of hydrogen-bond donors (Lipinski definition) is 1. The van der Waals surface area contributed by atoms with E-state index in [1.54, 1.807) is 0 Å². The number of aromatic nitrogens is 1. The Morgan fingerprint density at radius 1 is 1.53 bits per heavy atom. The number of nitrogens with one attached hydrogen (secondary N) is 1. The second-order valence-corrected chi connectivity index (χ2v) is 4.44. The van der Waals surface area contributed by atoms with E-state index in [4.69, 9.17) is 0 Å². The smallest absolute Gasteiger partial charge is 0.131 e. The number of pyridine rings is 1. The van der Waals surface area contributed by atoms with Crippen molar-refractivity contribution < 1.29 is 0 Å². The molecule has 3 nitrogen and oxygen atoms in total. The Bertz CT molecular complexity index is 316. The maximum absolute atomic E-state index is 4.43. The van der Waals surface area contributed by atoms with Crippen LogP contribution in [0.2, 0.25) is 0 Å². The van der Waals surface area contributed by atoms with Crippen LogP contribution in [0.1, 0.15) is 12.0 Å². The number of nitrogens with zero attached hydrogens (tertiary/aromatic N) is 2. The third-order valence-electron chi connectivity index (χ3n) is 2.96. The van der Waals surface area contributed by atoms with Crippen LogP contribution in [0.3, 0.4) is 0 Å². The van der Waals surface area contributed by atoms with E-state index in [-0.39, 0.29) is 0 Å². The zero-order valence-corrected chi connectivity index (χ0v) is 9.53. The molecule has 2 heterocycles. The average molecular weight is 205 g/mol. The minimum Gasteiger partial charge on any atom is -0.363 e. The molecule has 15 heavy (non-hydrogen) atoms. The standard InChI is InChI=1S/C12H19N3/c1-15(2)12-11(4-3-6-14-12)8-10-5-7-13-9-10/h3-4,6,10,13H,5,7-9H2,1-2H3. The van der Waals surface area contributed by atoms with Gasteiger partial charge >= 0.3 is 0 Å². The largest absolute Gasteiger partial charge is 0.363 e. The molecule has 1 unspecified atom stereocenters. The van der Waals surface area contributed by atoms with Crippen molar-refractivity contribution in [2.24, 2.45) is 5.92 Å². The van der Waals surface area contributed by atoms with E-state index < -0.39 is 0 Å². The van der Waals surface area contributed by atoms with Crippen LogP contribution in [0.25, 0.3) is 0 Å². The van der Waals surface area contributed by atoms with Gasteiger partial charge in [-0.3, -0.25) is 0 Å². The van der Waals surface area contributed by atoms with Gasteiger partial charge < -0.3 is 10.2 Å². The maximum Gasteiger partial charge on any atom is 0.131 e. The third kappa shape index (κ3) is 2.48. The predicted octanol–water partition coefficient (Wildman–Crippen LogP) is 1.30. The van der Waals surface area contributed by atoms with Crippen molar-refractivity contribution in [3.05, 3.63) is 23.9 Å². The minimum absolute atomic E-state index is 0.785. The van der Waals surface area contributed by atoms with Crippen molar-refractivity contribution in [2.45, 2.75) is 12.8 Å². The molecule has 1 aliphatic rings. The van der Waals surface area contributed by atoms with E-state index in [1.807, 2.05) is 12.3 Å². The Morgan fingerprint density at radius 3 is 3.07 bits per heavy atom. The fourth-order valence-corrected chi connectivity index (χ4v) is 2.19. The minimum atomic E-state index is 0.785. The molecule has 0 bridgehead atoms. The van der Waals surface area contributed by atoms with Gasteiger partial charge in [-0.05, 0) is 43.5 Å². The van der Waals surface area contributed by atoms with E-state index in [0.29, 0.717) is 0 Å². The summed E-state index contributed by atoms with van der Waals surface area (Å²) in [5.41, 5.74) is 1.37. The predicted molar refractivity (Wildman–Crippen MR) is 63.2 cm³/mol. The van der Waals surface area contributed by atoms with Gasteiger partial charge in [-0.25, -0.2) is 4.98 Å². The summed E-state index contributed by atoms with van der Waals surface area (Å²) in [5, 5.41) is 3.41. The van der Waals surface area contributed by atoms with Gasteiger partial charge in [0, 0.05) is 20.3 Å². The van der Waals surface area contributed by atoms with Crippen LogP contribution in [0.5, 0.6) is 0 Å². The Hall–Kier alpha value is -1.09. The fourth-order valence-electron chi connectivity index (χ4n) is 2.19. The molecule has 3 heteroatoms. The summed E-state index contributed by atoms with van der Waals surface area (Å²) in [7, 11) is 4.11. The lowest BCUT2D eigenvalue weighted by Crippen LogP contribution is -2.16. The lowest BCUT2D eigenvalue weighted by molar-refractivity contribution is 0.579. The molecule has 0 spiro atoms. The molecule has 1 aromatic heterocycles. The summed E-state index contributed by atoms with van der Waals surface area (Å²) in [5.74, 6) is 1.90. The highest BCUT2D eigenvalue weighted by molar-refractivity contribution is 5.45. The summed E-state index contributed by atoms with van der Waals surface area (Å²) in [6.45, 7) is 2.32. The first-order valence-corrected chi connectivity index (χ1v) is 5.59. The summed E-state index contributed by atoms with van der Waals surface area (Å²) in [6.07, 6.45) is 4.31. The van der Waals surface area contributed by atoms with Gasteiger partial charge in [0.15, 0.2) is 0 Å². The van der Waals surface area contributed by atoms with Crippen LogP contribution < -0.4 is 10.2 Å². The van der Waals surface area contributed by atoms with Crippen molar-refractivity contribution >= 4 is 5.82 Å². The SMILES string of the molecule is CN(C)c1ncccc1CC1CCNC1. The van der Waals surface area contributed by atoms with Crippen LogP contribution in [0.4, 0.5) is 5.82 Å². The van der Waals surface area contributed by atoms with Crippen molar-refractivity contribution in [2.75, 3.05) is 32.1 Å². The normalized spacial score (nSPS) is 20.5. The molecule has 2 rings (SSSR count). The first-order valence-electron chi connectivity index (χ1n) is 5.59. The molecule has 0 aromatic carbocycles. The lowest BCUT2D eigenvalue weighted by Gasteiger charge is -2.17. The Kier molecular flexibility index (Phi) is 3.21. The van der Waals surface area contributed by atoms with Gasteiger partial charge in [-0.1, -0.05) is 6.07 Å².